The summed E-state index contributed by atoms with van der Waals surface area (Å²) in [6, 6.07) is 13.6. The molecule has 2 N–H and O–H groups in total. The lowest BCUT2D eigenvalue weighted by Gasteiger charge is -2.17. The first-order chi connectivity index (χ1) is 15.5. The van der Waals surface area contributed by atoms with Crippen molar-refractivity contribution in [2.24, 2.45) is 5.92 Å². The number of carbonyl (C=O) groups excluding carboxylic acids is 1. The topological polar surface area (TPSA) is 68.2 Å². The number of anilines is 1. The van der Waals surface area contributed by atoms with Gasteiger partial charge in [-0.2, -0.15) is 5.10 Å². The van der Waals surface area contributed by atoms with Gasteiger partial charge in [-0.05, 0) is 86.2 Å². The zero-order valence-corrected chi connectivity index (χ0v) is 18.9. The van der Waals surface area contributed by atoms with Gasteiger partial charge < -0.3 is 15.4 Å². The highest BCUT2D eigenvalue weighted by Crippen LogP contribution is 2.31. The minimum Gasteiger partial charge on any atom is -0.493 e. The van der Waals surface area contributed by atoms with E-state index in [1.54, 1.807) is 0 Å². The summed E-state index contributed by atoms with van der Waals surface area (Å²) in [6.07, 6.45) is 3.44. The third kappa shape index (κ3) is 4.81. The van der Waals surface area contributed by atoms with Crippen LogP contribution in [0.4, 0.5) is 5.69 Å². The standard InChI is InChI=1S/C25H27ClN4O2/c1-16-10-23(25(31)28-22-6-4-19-13-27-9-8-18(19)12-22)29-30(16)14-20-11-21(26)5-7-24(20)32-15-17-2-3-17/h4-7,10-12,17,27H,2-3,8-9,13-15H2,1H3,(H,28,31). The minimum atomic E-state index is -0.211. The lowest BCUT2D eigenvalue weighted by Crippen LogP contribution is -2.23. The Balaban J connectivity index is 1.31. The maximum Gasteiger partial charge on any atom is 0.276 e. The quantitative estimate of drug-likeness (QED) is 0.552. The van der Waals surface area contributed by atoms with E-state index < -0.39 is 0 Å². The van der Waals surface area contributed by atoms with Crippen molar-refractivity contribution in [2.75, 3.05) is 18.5 Å². The van der Waals surface area contributed by atoms with Crippen LogP contribution in [0.3, 0.4) is 0 Å². The predicted molar refractivity (Wildman–Crippen MR) is 126 cm³/mol. The normalized spacial score (nSPS) is 15.3. The monoisotopic (exact) mass is 450 g/mol. The third-order valence-corrected chi connectivity index (χ3v) is 6.31. The number of carbonyl (C=O) groups is 1. The van der Waals surface area contributed by atoms with E-state index >= 15 is 0 Å². The fraction of sp³-hybridized carbons (Fsp3) is 0.360. The van der Waals surface area contributed by atoms with Crippen LogP contribution in [0.15, 0.2) is 42.5 Å². The van der Waals surface area contributed by atoms with Gasteiger partial charge in [0.25, 0.3) is 5.91 Å². The summed E-state index contributed by atoms with van der Waals surface area (Å²) in [5.74, 6) is 1.28. The molecule has 0 saturated heterocycles. The zero-order valence-electron chi connectivity index (χ0n) is 18.2. The summed E-state index contributed by atoms with van der Waals surface area (Å²) < 4.78 is 7.85. The molecule has 0 spiro atoms. The molecule has 2 heterocycles. The Kier molecular flexibility index (Phi) is 5.89. The molecule has 1 aliphatic heterocycles. The number of fused-ring (bicyclic) bond motifs is 1. The lowest BCUT2D eigenvalue weighted by atomic mass is 10.0. The number of nitrogens with zero attached hydrogens (tertiary/aromatic N) is 2. The first kappa shape index (κ1) is 21.0. The zero-order chi connectivity index (χ0) is 22.1. The van der Waals surface area contributed by atoms with E-state index in [0.717, 1.165) is 48.8 Å². The SMILES string of the molecule is Cc1cc(C(=O)Nc2ccc3c(c2)CCNC3)nn1Cc1cc(Cl)ccc1OCC1CC1. The van der Waals surface area contributed by atoms with Gasteiger partial charge in [0, 0.05) is 28.5 Å². The number of ether oxygens (including phenoxy) is 1. The van der Waals surface area contributed by atoms with Crippen LogP contribution in [0, 0.1) is 12.8 Å². The summed E-state index contributed by atoms with van der Waals surface area (Å²) >= 11 is 6.24. The van der Waals surface area contributed by atoms with Gasteiger partial charge in [-0.25, -0.2) is 0 Å². The first-order valence-electron chi connectivity index (χ1n) is 11.1. The molecule has 1 fully saturated rings. The number of aromatic nitrogens is 2. The number of benzene rings is 2. The molecular formula is C25H27ClN4O2. The molecule has 3 aromatic rings. The fourth-order valence-corrected chi connectivity index (χ4v) is 4.19. The molecule has 0 radical (unpaired) electrons. The summed E-state index contributed by atoms with van der Waals surface area (Å²) in [6.45, 7) is 5.01. The molecule has 2 aliphatic rings. The van der Waals surface area contributed by atoms with Crippen LogP contribution in [-0.4, -0.2) is 28.8 Å². The molecular weight excluding hydrogens is 424 g/mol. The Hall–Kier alpha value is -2.83. The van der Waals surface area contributed by atoms with E-state index in [4.69, 9.17) is 16.3 Å². The van der Waals surface area contributed by atoms with E-state index in [2.05, 4.69) is 27.9 Å². The average Bonchev–Trinajstić information content (AvgIpc) is 3.55. The van der Waals surface area contributed by atoms with E-state index in [-0.39, 0.29) is 5.91 Å². The number of aryl methyl sites for hydroxylation is 1. The number of nitrogens with one attached hydrogen (secondary N) is 2. The number of rotatable bonds is 7. The van der Waals surface area contributed by atoms with Crippen molar-refractivity contribution in [1.29, 1.82) is 0 Å². The average molecular weight is 451 g/mol. The molecule has 1 saturated carbocycles. The number of amides is 1. The second-order valence-corrected chi connectivity index (χ2v) is 9.14. The second-order valence-electron chi connectivity index (χ2n) is 8.70. The van der Waals surface area contributed by atoms with Crippen molar-refractivity contribution in [3.8, 4) is 5.75 Å². The summed E-state index contributed by atoms with van der Waals surface area (Å²) in [5.41, 5.74) is 5.62. The highest BCUT2D eigenvalue weighted by atomic mass is 35.5. The van der Waals surface area contributed by atoms with Crippen molar-refractivity contribution in [1.82, 2.24) is 15.1 Å². The van der Waals surface area contributed by atoms with E-state index in [0.29, 0.717) is 23.2 Å². The Morgan fingerprint density at radius 3 is 2.94 bits per heavy atom. The molecule has 1 amide bonds. The highest BCUT2D eigenvalue weighted by Gasteiger charge is 2.23. The Labute approximate surface area is 192 Å². The Morgan fingerprint density at radius 1 is 1.22 bits per heavy atom. The van der Waals surface area contributed by atoms with Gasteiger partial charge in [-0.15, -0.1) is 0 Å². The maximum atomic E-state index is 12.9. The molecule has 1 aliphatic carbocycles. The smallest absolute Gasteiger partial charge is 0.276 e. The Morgan fingerprint density at radius 2 is 2.09 bits per heavy atom. The summed E-state index contributed by atoms with van der Waals surface area (Å²) in [5, 5.41) is 11.6. The van der Waals surface area contributed by atoms with Crippen molar-refractivity contribution >= 4 is 23.2 Å². The molecule has 32 heavy (non-hydrogen) atoms. The summed E-state index contributed by atoms with van der Waals surface area (Å²) in [7, 11) is 0. The number of hydrogen-bond donors (Lipinski definition) is 2. The summed E-state index contributed by atoms with van der Waals surface area (Å²) in [4.78, 5) is 12.9. The molecule has 1 aromatic heterocycles. The fourth-order valence-electron chi connectivity index (χ4n) is 4.00. The second kappa shape index (κ2) is 8.96. The lowest BCUT2D eigenvalue weighted by molar-refractivity contribution is 0.102. The molecule has 166 valence electrons. The predicted octanol–water partition coefficient (Wildman–Crippen LogP) is 4.58. The van der Waals surface area contributed by atoms with Gasteiger partial charge in [0.05, 0.1) is 13.2 Å². The van der Waals surface area contributed by atoms with Crippen LogP contribution >= 0.6 is 11.6 Å². The van der Waals surface area contributed by atoms with Crippen LogP contribution in [-0.2, 0) is 19.5 Å². The molecule has 5 rings (SSSR count). The Bertz CT molecular complexity index is 1150. The third-order valence-electron chi connectivity index (χ3n) is 6.08. The van der Waals surface area contributed by atoms with Crippen molar-refractivity contribution in [2.45, 2.75) is 39.3 Å². The van der Waals surface area contributed by atoms with Crippen LogP contribution in [0.2, 0.25) is 5.02 Å². The van der Waals surface area contributed by atoms with Gasteiger partial charge in [0.2, 0.25) is 0 Å². The molecule has 6 nitrogen and oxygen atoms in total. The van der Waals surface area contributed by atoms with Gasteiger partial charge >= 0.3 is 0 Å². The van der Waals surface area contributed by atoms with Crippen LogP contribution < -0.4 is 15.4 Å². The molecule has 0 unspecified atom stereocenters. The van der Waals surface area contributed by atoms with Crippen molar-refractivity contribution in [3.05, 3.63) is 75.6 Å². The molecule has 2 aromatic carbocycles. The maximum absolute atomic E-state index is 12.9. The van der Waals surface area contributed by atoms with E-state index in [1.165, 1.54) is 24.0 Å². The van der Waals surface area contributed by atoms with Crippen molar-refractivity contribution < 1.29 is 9.53 Å². The van der Waals surface area contributed by atoms with Crippen LogP contribution in [0.25, 0.3) is 0 Å². The van der Waals surface area contributed by atoms with Gasteiger partial charge in [0.15, 0.2) is 5.69 Å². The van der Waals surface area contributed by atoms with Crippen LogP contribution in [0.5, 0.6) is 5.75 Å². The molecule has 7 heteroatoms. The number of hydrogen-bond acceptors (Lipinski definition) is 4. The number of halogens is 1. The minimum absolute atomic E-state index is 0.211. The van der Waals surface area contributed by atoms with Crippen LogP contribution in [0.1, 0.15) is 45.7 Å². The van der Waals surface area contributed by atoms with E-state index in [9.17, 15) is 4.79 Å². The highest BCUT2D eigenvalue weighted by molar-refractivity contribution is 6.30. The van der Waals surface area contributed by atoms with Crippen molar-refractivity contribution in [3.63, 3.8) is 0 Å². The van der Waals surface area contributed by atoms with Gasteiger partial charge in [0.1, 0.15) is 5.75 Å². The van der Waals surface area contributed by atoms with E-state index in [1.807, 2.05) is 41.9 Å². The largest absolute Gasteiger partial charge is 0.493 e. The molecule has 0 bridgehead atoms. The first-order valence-corrected chi connectivity index (χ1v) is 11.5. The molecule has 0 atom stereocenters. The van der Waals surface area contributed by atoms with Gasteiger partial charge in [-0.1, -0.05) is 17.7 Å². The van der Waals surface area contributed by atoms with Gasteiger partial charge in [-0.3, -0.25) is 9.48 Å².